The van der Waals surface area contributed by atoms with Gasteiger partial charge >= 0.3 is 0 Å². The standard InChI is InChI=1S/C16H19ClN6/c1-12(21(2)9-16-19-8-15(17)22(16)3)13-4-6-14(7-5-13)23-11-18-10-20-23/h4-8,10-12H,9H2,1-3H3. The molecule has 7 heteroatoms. The van der Waals surface area contributed by atoms with Crippen LogP contribution in [0.25, 0.3) is 5.69 Å². The predicted molar refractivity (Wildman–Crippen MR) is 89.5 cm³/mol. The molecule has 0 fully saturated rings. The first kappa shape index (κ1) is 15.7. The van der Waals surface area contributed by atoms with Gasteiger partial charge in [-0.05, 0) is 31.7 Å². The first-order valence-electron chi connectivity index (χ1n) is 7.37. The van der Waals surface area contributed by atoms with Crippen LogP contribution in [0.3, 0.4) is 0 Å². The molecule has 0 N–H and O–H groups in total. The highest BCUT2D eigenvalue weighted by molar-refractivity contribution is 6.29. The number of benzene rings is 1. The summed E-state index contributed by atoms with van der Waals surface area (Å²) in [6.45, 7) is 2.91. The van der Waals surface area contributed by atoms with Crippen molar-refractivity contribution in [2.75, 3.05) is 7.05 Å². The third-order valence-electron chi connectivity index (χ3n) is 4.14. The average molecular weight is 331 g/mol. The minimum absolute atomic E-state index is 0.260. The summed E-state index contributed by atoms with van der Waals surface area (Å²) < 4.78 is 3.65. The molecule has 0 saturated heterocycles. The van der Waals surface area contributed by atoms with Crippen LogP contribution in [-0.2, 0) is 13.6 Å². The van der Waals surface area contributed by atoms with Gasteiger partial charge < -0.3 is 4.57 Å². The normalized spacial score (nSPS) is 12.7. The topological polar surface area (TPSA) is 51.8 Å². The summed E-state index contributed by atoms with van der Waals surface area (Å²) in [7, 11) is 4.01. The van der Waals surface area contributed by atoms with Gasteiger partial charge in [0.2, 0.25) is 0 Å². The molecule has 6 nitrogen and oxygen atoms in total. The average Bonchev–Trinajstić information content (AvgIpc) is 3.20. The van der Waals surface area contributed by atoms with Crippen molar-refractivity contribution < 1.29 is 0 Å². The Morgan fingerprint density at radius 2 is 2.00 bits per heavy atom. The van der Waals surface area contributed by atoms with Gasteiger partial charge in [-0.15, -0.1) is 0 Å². The van der Waals surface area contributed by atoms with Gasteiger partial charge in [-0.1, -0.05) is 23.7 Å². The zero-order chi connectivity index (χ0) is 16.4. The van der Waals surface area contributed by atoms with Crippen molar-refractivity contribution in [1.82, 2.24) is 29.2 Å². The number of imidazole rings is 1. The maximum atomic E-state index is 6.04. The van der Waals surface area contributed by atoms with E-state index in [0.717, 1.165) is 18.1 Å². The summed E-state index contributed by atoms with van der Waals surface area (Å²) in [5.74, 6) is 0.948. The number of hydrogen-bond acceptors (Lipinski definition) is 4. The van der Waals surface area contributed by atoms with Crippen LogP contribution in [0.5, 0.6) is 0 Å². The quantitative estimate of drug-likeness (QED) is 0.722. The monoisotopic (exact) mass is 330 g/mol. The predicted octanol–water partition coefficient (Wildman–Crippen LogP) is 2.85. The second-order valence-electron chi connectivity index (χ2n) is 5.58. The van der Waals surface area contributed by atoms with E-state index in [0.29, 0.717) is 5.15 Å². The summed E-state index contributed by atoms with van der Waals surface area (Å²) in [5.41, 5.74) is 2.23. The van der Waals surface area contributed by atoms with E-state index < -0.39 is 0 Å². The van der Waals surface area contributed by atoms with E-state index in [1.165, 1.54) is 11.9 Å². The molecule has 0 radical (unpaired) electrons. The fourth-order valence-corrected chi connectivity index (χ4v) is 2.58. The fraction of sp³-hybridized carbons (Fsp3) is 0.312. The van der Waals surface area contributed by atoms with Crippen LogP contribution in [0, 0.1) is 0 Å². The zero-order valence-electron chi connectivity index (χ0n) is 13.4. The number of halogens is 1. The third-order valence-corrected chi connectivity index (χ3v) is 4.49. The molecule has 0 aliphatic carbocycles. The summed E-state index contributed by atoms with van der Waals surface area (Å²) >= 11 is 6.04. The molecule has 2 heterocycles. The molecule has 0 aliphatic heterocycles. The second-order valence-corrected chi connectivity index (χ2v) is 5.97. The third kappa shape index (κ3) is 3.28. The maximum absolute atomic E-state index is 6.04. The molecule has 0 amide bonds. The lowest BCUT2D eigenvalue weighted by atomic mass is 10.1. The van der Waals surface area contributed by atoms with E-state index in [1.807, 2.05) is 23.7 Å². The lowest BCUT2D eigenvalue weighted by Crippen LogP contribution is -2.23. The Labute approximate surface area is 140 Å². The van der Waals surface area contributed by atoms with Crippen LogP contribution in [-0.4, -0.2) is 36.3 Å². The molecule has 0 saturated carbocycles. The molecule has 0 spiro atoms. The minimum Gasteiger partial charge on any atom is -0.321 e. The molecule has 0 bridgehead atoms. The van der Waals surface area contributed by atoms with Gasteiger partial charge in [0.25, 0.3) is 0 Å². The first-order chi connectivity index (χ1) is 11.1. The first-order valence-corrected chi connectivity index (χ1v) is 7.75. The molecular formula is C16H19ClN6. The van der Waals surface area contributed by atoms with Crippen LogP contribution >= 0.6 is 11.6 Å². The van der Waals surface area contributed by atoms with Gasteiger partial charge in [-0.2, -0.15) is 5.10 Å². The Kier molecular flexibility index (Phi) is 4.45. The fourth-order valence-electron chi connectivity index (χ4n) is 2.43. The van der Waals surface area contributed by atoms with Gasteiger partial charge in [0.05, 0.1) is 18.4 Å². The summed E-state index contributed by atoms with van der Waals surface area (Å²) in [5, 5.41) is 4.79. The van der Waals surface area contributed by atoms with Gasteiger partial charge in [0.1, 0.15) is 23.6 Å². The Morgan fingerprint density at radius 1 is 1.26 bits per heavy atom. The highest BCUT2D eigenvalue weighted by atomic mass is 35.5. The lowest BCUT2D eigenvalue weighted by Gasteiger charge is -2.25. The van der Waals surface area contributed by atoms with E-state index in [-0.39, 0.29) is 6.04 Å². The number of hydrogen-bond donors (Lipinski definition) is 0. The molecule has 1 aromatic carbocycles. The maximum Gasteiger partial charge on any atom is 0.138 e. The molecule has 3 aromatic rings. The highest BCUT2D eigenvalue weighted by Gasteiger charge is 2.15. The van der Waals surface area contributed by atoms with Crippen molar-refractivity contribution in [3.8, 4) is 5.69 Å². The minimum atomic E-state index is 0.260. The van der Waals surface area contributed by atoms with Crippen molar-refractivity contribution in [2.24, 2.45) is 7.05 Å². The highest BCUT2D eigenvalue weighted by Crippen LogP contribution is 2.22. The SMILES string of the molecule is CC(c1ccc(-n2cncn2)cc1)N(C)Cc1ncc(Cl)n1C. The van der Waals surface area contributed by atoms with Gasteiger partial charge in [0.15, 0.2) is 0 Å². The largest absolute Gasteiger partial charge is 0.321 e. The smallest absolute Gasteiger partial charge is 0.138 e. The van der Waals surface area contributed by atoms with Gasteiger partial charge in [-0.25, -0.2) is 14.6 Å². The van der Waals surface area contributed by atoms with Crippen LogP contribution in [0.15, 0.2) is 43.1 Å². The van der Waals surface area contributed by atoms with Crippen molar-refractivity contribution in [3.05, 3.63) is 59.7 Å². The Hall–Kier alpha value is -2.18. The summed E-state index contributed by atoms with van der Waals surface area (Å²) in [6.07, 6.45) is 4.90. The molecule has 2 aromatic heterocycles. The molecule has 1 atom stereocenters. The molecule has 120 valence electrons. The van der Waals surface area contributed by atoms with Gasteiger partial charge in [-0.3, -0.25) is 4.90 Å². The molecule has 23 heavy (non-hydrogen) atoms. The van der Waals surface area contributed by atoms with E-state index in [4.69, 9.17) is 11.6 Å². The Morgan fingerprint density at radius 3 is 2.57 bits per heavy atom. The van der Waals surface area contributed by atoms with Crippen molar-refractivity contribution in [3.63, 3.8) is 0 Å². The van der Waals surface area contributed by atoms with Crippen LogP contribution in [0.1, 0.15) is 24.4 Å². The molecular weight excluding hydrogens is 312 g/mol. The lowest BCUT2D eigenvalue weighted by molar-refractivity contribution is 0.244. The second kappa shape index (κ2) is 6.52. The van der Waals surface area contributed by atoms with Crippen molar-refractivity contribution in [1.29, 1.82) is 0 Å². The number of aromatic nitrogens is 5. The van der Waals surface area contributed by atoms with Crippen LogP contribution in [0.2, 0.25) is 5.15 Å². The Bertz CT molecular complexity index is 762. The van der Waals surface area contributed by atoms with E-state index in [2.05, 4.69) is 46.1 Å². The molecule has 0 aliphatic rings. The van der Waals surface area contributed by atoms with E-state index in [9.17, 15) is 0 Å². The van der Waals surface area contributed by atoms with Crippen LogP contribution < -0.4 is 0 Å². The Balaban J connectivity index is 1.72. The summed E-state index contributed by atoms with van der Waals surface area (Å²) in [6, 6.07) is 8.58. The number of nitrogens with zero attached hydrogens (tertiary/aromatic N) is 6. The number of rotatable bonds is 5. The van der Waals surface area contributed by atoms with Gasteiger partial charge in [0, 0.05) is 13.1 Å². The zero-order valence-corrected chi connectivity index (χ0v) is 14.1. The molecule has 3 rings (SSSR count). The summed E-state index contributed by atoms with van der Waals surface area (Å²) in [4.78, 5) is 10.6. The van der Waals surface area contributed by atoms with E-state index in [1.54, 1.807) is 17.2 Å². The van der Waals surface area contributed by atoms with Crippen molar-refractivity contribution in [2.45, 2.75) is 19.5 Å². The van der Waals surface area contributed by atoms with Crippen molar-refractivity contribution >= 4 is 11.6 Å². The van der Waals surface area contributed by atoms with E-state index >= 15 is 0 Å². The molecule has 1 unspecified atom stereocenters. The van der Waals surface area contributed by atoms with Crippen LogP contribution in [0.4, 0.5) is 0 Å².